The largest absolute Gasteiger partial charge is 0.351 e. The van der Waals surface area contributed by atoms with Gasteiger partial charge in [-0.2, -0.15) is 0 Å². The minimum Gasteiger partial charge on any atom is -0.351 e. The van der Waals surface area contributed by atoms with Crippen LogP contribution in [0, 0.1) is 10.1 Å². The van der Waals surface area contributed by atoms with Crippen LogP contribution in [0.4, 0.5) is 5.69 Å². The molecular weight excluding hydrogens is 272 g/mol. The van der Waals surface area contributed by atoms with Crippen molar-refractivity contribution in [3.63, 3.8) is 0 Å². The van der Waals surface area contributed by atoms with Gasteiger partial charge in [0.15, 0.2) is 0 Å². The molecule has 2 heterocycles. The fourth-order valence-electron chi connectivity index (χ4n) is 2.63. The summed E-state index contributed by atoms with van der Waals surface area (Å²) in [4.78, 5) is 22.6. The van der Waals surface area contributed by atoms with E-state index in [1.807, 2.05) is 13.8 Å². The molecule has 1 saturated heterocycles. The first kappa shape index (κ1) is 15.5. The number of rotatable bonds is 6. The number of hydrogen-bond donors (Lipinski definition) is 2. The number of aromatic nitrogens is 1. The van der Waals surface area contributed by atoms with E-state index in [0.717, 1.165) is 19.4 Å². The molecule has 2 rings (SSSR count). The monoisotopic (exact) mass is 294 g/mol. The highest BCUT2D eigenvalue weighted by Gasteiger charge is 2.21. The molecule has 0 aromatic carbocycles. The van der Waals surface area contributed by atoms with E-state index in [1.165, 1.54) is 18.7 Å². The highest BCUT2D eigenvalue weighted by molar-refractivity contribution is 5.93. The fourth-order valence-corrected chi connectivity index (χ4v) is 2.63. The lowest BCUT2D eigenvalue weighted by molar-refractivity contribution is -0.384. The van der Waals surface area contributed by atoms with Crippen LogP contribution in [0.15, 0.2) is 12.3 Å². The zero-order valence-corrected chi connectivity index (χ0v) is 12.5. The van der Waals surface area contributed by atoms with E-state index < -0.39 is 4.92 Å². The van der Waals surface area contributed by atoms with E-state index in [0.29, 0.717) is 18.3 Å². The molecule has 1 fully saturated rings. The third-order valence-electron chi connectivity index (χ3n) is 3.77. The van der Waals surface area contributed by atoms with E-state index in [1.54, 1.807) is 4.57 Å². The number of nitro groups is 1. The maximum Gasteiger partial charge on any atom is 0.287 e. The Morgan fingerprint density at radius 1 is 1.62 bits per heavy atom. The lowest BCUT2D eigenvalue weighted by Crippen LogP contribution is -2.31. The number of carbonyl (C=O) groups is 1. The molecule has 0 radical (unpaired) electrons. The van der Waals surface area contributed by atoms with Crippen molar-refractivity contribution in [2.24, 2.45) is 0 Å². The number of nitrogens with one attached hydrogen (secondary N) is 2. The van der Waals surface area contributed by atoms with Crippen molar-refractivity contribution in [2.75, 3.05) is 13.1 Å². The summed E-state index contributed by atoms with van der Waals surface area (Å²) < 4.78 is 1.64. The Morgan fingerprint density at radius 3 is 2.95 bits per heavy atom. The molecule has 1 aromatic rings. The van der Waals surface area contributed by atoms with Crippen LogP contribution in [0.1, 0.15) is 49.6 Å². The van der Waals surface area contributed by atoms with Gasteiger partial charge in [-0.25, -0.2) is 0 Å². The Bertz CT molecular complexity index is 518. The van der Waals surface area contributed by atoms with Crippen molar-refractivity contribution in [3.05, 3.63) is 28.1 Å². The Kier molecular flexibility index (Phi) is 4.95. The Labute approximate surface area is 123 Å². The summed E-state index contributed by atoms with van der Waals surface area (Å²) in [5.74, 6) is -0.255. The van der Waals surface area contributed by atoms with Gasteiger partial charge in [-0.15, -0.1) is 0 Å². The van der Waals surface area contributed by atoms with Crippen molar-refractivity contribution in [1.82, 2.24) is 15.2 Å². The Hall–Kier alpha value is -1.89. The molecule has 1 aliphatic rings. The summed E-state index contributed by atoms with van der Waals surface area (Å²) in [6.45, 7) is 5.40. The average Bonchev–Trinajstić information content (AvgIpc) is 3.07. The highest BCUT2D eigenvalue weighted by Crippen LogP contribution is 2.20. The molecule has 2 N–H and O–H groups in total. The molecule has 0 unspecified atom stereocenters. The zero-order chi connectivity index (χ0) is 15.4. The van der Waals surface area contributed by atoms with Crippen LogP contribution in [-0.4, -0.2) is 34.5 Å². The minimum atomic E-state index is -0.474. The minimum absolute atomic E-state index is 0.00375. The van der Waals surface area contributed by atoms with Gasteiger partial charge >= 0.3 is 0 Å². The van der Waals surface area contributed by atoms with Crippen LogP contribution in [-0.2, 0) is 0 Å². The normalized spacial score (nSPS) is 18.1. The third-order valence-corrected chi connectivity index (χ3v) is 3.77. The maximum absolute atomic E-state index is 12.2. The molecule has 1 aliphatic heterocycles. The van der Waals surface area contributed by atoms with Crippen molar-refractivity contribution >= 4 is 11.6 Å². The van der Waals surface area contributed by atoms with Crippen LogP contribution in [0.3, 0.4) is 0 Å². The number of nitrogens with zero attached hydrogens (tertiary/aromatic N) is 2. The highest BCUT2D eigenvalue weighted by atomic mass is 16.6. The summed E-state index contributed by atoms with van der Waals surface area (Å²) in [6.07, 6.45) is 4.62. The standard InChI is InChI=1S/C14H22N4O3/c1-10(2)17-9-12(18(20)21)8-13(17)14(19)16-7-5-11-4-3-6-15-11/h8-11,15H,3-7H2,1-2H3,(H,16,19)/t11-/m0/s1. The number of carbonyl (C=O) groups excluding carboxylic acids is 1. The first-order chi connectivity index (χ1) is 9.99. The van der Waals surface area contributed by atoms with Crippen molar-refractivity contribution in [2.45, 2.75) is 45.2 Å². The molecular formula is C14H22N4O3. The number of amides is 1. The average molecular weight is 294 g/mol. The van der Waals surface area contributed by atoms with E-state index in [9.17, 15) is 14.9 Å². The first-order valence-electron chi connectivity index (χ1n) is 7.37. The van der Waals surface area contributed by atoms with Gasteiger partial charge < -0.3 is 15.2 Å². The van der Waals surface area contributed by atoms with Crippen LogP contribution in [0.25, 0.3) is 0 Å². The van der Waals surface area contributed by atoms with Crippen molar-refractivity contribution in [3.8, 4) is 0 Å². The zero-order valence-electron chi connectivity index (χ0n) is 12.5. The second-order valence-electron chi connectivity index (χ2n) is 5.68. The molecule has 0 bridgehead atoms. The SMILES string of the molecule is CC(C)n1cc([N+](=O)[O-])cc1C(=O)NCC[C@@H]1CCCN1. The van der Waals surface area contributed by atoms with Gasteiger partial charge in [-0.05, 0) is 39.7 Å². The van der Waals surface area contributed by atoms with Gasteiger partial charge in [-0.3, -0.25) is 14.9 Å². The first-order valence-corrected chi connectivity index (χ1v) is 7.37. The molecule has 0 spiro atoms. The van der Waals surface area contributed by atoms with Crippen molar-refractivity contribution < 1.29 is 9.72 Å². The van der Waals surface area contributed by atoms with E-state index in [2.05, 4.69) is 10.6 Å². The Morgan fingerprint density at radius 2 is 2.38 bits per heavy atom. The van der Waals surface area contributed by atoms with Crippen LogP contribution < -0.4 is 10.6 Å². The molecule has 7 nitrogen and oxygen atoms in total. The number of hydrogen-bond acceptors (Lipinski definition) is 4. The molecule has 7 heteroatoms. The van der Waals surface area contributed by atoms with E-state index in [4.69, 9.17) is 0 Å². The summed E-state index contributed by atoms with van der Waals surface area (Å²) >= 11 is 0. The van der Waals surface area contributed by atoms with Gasteiger partial charge in [0.1, 0.15) is 5.69 Å². The summed E-state index contributed by atoms with van der Waals surface area (Å²) in [7, 11) is 0. The van der Waals surface area contributed by atoms with Gasteiger partial charge in [0, 0.05) is 24.7 Å². The van der Waals surface area contributed by atoms with Crippen LogP contribution in [0.2, 0.25) is 0 Å². The molecule has 0 saturated carbocycles. The Balaban J connectivity index is 1.98. The van der Waals surface area contributed by atoms with E-state index in [-0.39, 0.29) is 17.6 Å². The third kappa shape index (κ3) is 3.81. The smallest absolute Gasteiger partial charge is 0.287 e. The summed E-state index contributed by atoms with van der Waals surface area (Å²) in [5, 5.41) is 17.1. The van der Waals surface area contributed by atoms with Crippen LogP contribution >= 0.6 is 0 Å². The van der Waals surface area contributed by atoms with E-state index >= 15 is 0 Å². The van der Waals surface area contributed by atoms with Gasteiger partial charge in [0.25, 0.3) is 11.6 Å². The maximum atomic E-state index is 12.2. The second kappa shape index (κ2) is 6.71. The lowest BCUT2D eigenvalue weighted by atomic mass is 10.1. The quantitative estimate of drug-likeness (QED) is 0.619. The van der Waals surface area contributed by atoms with Gasteiger partial charge in [0.05, 0.1) is 11.1 Å². The van der Waals surface area contributed by atoms with Gasteiger partial charge in [0.2, 0.25) is 0 Å². The predicted octanol–water partition coefficient (Wildman–Crippen LogP) is 1.85. The van der Waals surface area contributed by atoms with Gasteiger partial charge in [-0.1, -0.05) is 0 Å². The molecule has 116 valence electrons. The lowest BCUT2D eigenvalue weighted by Gasteiger charge is -2.13. The topological polar surface area (TPSA) is 89.2 Å². The fraction of sp³-hybridized carbons (Fsp3) is 0.643. The van der Waals surface area contributed by atoms with Crippen molar-refractivity contribution in [1.29, 1.82) is 0 Å². The second-order valence-corrected chi connectivity index (χ2v) is 5.68. The molecule has 0 aliphatic carbocycles. The van der Waals surface area contributed by atoms with Crippen LogP contribution in [0.5, 0.6) is 0 Å². The summed E-state index contributed by atoms with van der Waals surface area (Å²) in [6, 6.07) is 1.80. The predicted molar refractivity (Wildman–Crippen MR) is 79.4 cm³/mol. The molecule has 1 amide bonds. The summed E-state index contributed by atoms with van der Waals surface area (Å²) in [5.41, 5.74) is 0.294. The molecule has 21 heavy (non-hydrogen) atoms. The molecule has 1 aromatic heterocycles. The molecule has 1 atom stereocenters.